The van der Waals surface area contributed by atoms with Gasteiger partial charge in [0.05, 0.1) is 21.6 Å². The van der Waals surface area contributed by atoms with Gasteiger partial charge >= 0.3 is 0 Å². The molecule has 1 aliphatic rings. The minimum Gasteiger partial charge on any atom is -0.490 e. The van der Waals surface area contributed by atoms with Gasteiger partial charge in [-0.05, 0) is 18.6 Å². The first-order chi connectivity index (χ1) is 9.47. The molecular formula is C13H15Cl2NO3S. The molecule has 0 amide bonds. The SMILES string of the molecule is O=[N+]([O-])c1cc(Cl)c(OCC2(CS)CCCC2)c(Cl)c1. The smallest absolute Gasteiger partial charge is 0.272 e. The Labute approximate surface area is 133 Å². The molecule has 4 nitrogen and oxygen atoms in total. The number of halogens is 2. The van der Waals surface area contributed by atoms with Gasteiger partial charge in [0.25, 0.3) is 5.69 Å². The molecule has 0 radical (unpaired) electrons. The second kappa shape index (κ2) is 6.41. The van der Waals surface area contributed by atoms with Crippen LogP contribution >= 0.6 is 35.8 Å². The van der Waals surface area contributed by atoms with Crippen molar-refractivity contribution in [3.05, 3.63) is 32.3 Å². The van der Waals surface area contributed by atoms with Crippen LogP contribution in [0.5, 0.6) is 5.75 Å². The van der Waals surface area contributed by atoms with Crippen LogP contribution in [0.3, 0.4) is 0 Å². The number of ether oxygens (including phenoxy) is 1. The van der Waals surface area contributed by atoms with E-state index >= 15 is 0 Å². The van der Waals surface area contributed by atoms with Crippen LogP contribution in [0.25, 0.3) is 0 Å². The summed E-state index contributed by atoms with van der Waals surface area (Å²) in [5.41, 5.74) is -0.0884. The molecule has 110 valence electrons. The normalized spacial score (nSPS) is 17.1. The largest absolute Gasteiger partial charge is 0.490 e. The first-order valence-corrected chi connectivity index (χ1v) is 7.73. The van der Waals surface area contributed by atoms with E-state index in [0.29, 0.717) is 12.4 Å². The Kier molecular flexibility index (Phi) is 5.04. The van der Waals surface area contributed by atoms with Crippen molar-refractivity contribution in [2.24, 2.45) is 5.41 Å². The predicted molar refractivity (Wildman–Crippen MR) is 83.4 cm³/mol. The summed E-state index contributed by atoms with van der Waals surface area (Å²) in [6, 6.07) is 2.51. The standard InChI is InChI=1S/C13H15Cl2NO3S/c14-10-5-9(16(17)18)6-11(15)12(10)19-7-13(8-20)3-1-2-4-13/h5-6,20H,1-4,7-8H2. The summed E-state index contributed by atoms with van der Waals surface area (Å²) >= 11 is 16.4. The Morgan fingerprint density at radius 1 is 1.30 bits per heavy atom. The zero-order valence-corrected chi connectivity index (χ0v) is 13.2. The number of benzene rings is 1. The van der Waals surface area contributed by atoms with Crippen LogP contribution in [0, 0.1) is 15.5 Å². The fourth-order valence-electron chi connectivity index (χ4n) is 2.49. The number of nitro benzene ring substituents is 1. The summed E-state index contributed by atoms with van der Waals surface area (Å²) in [6.07, 6.45) is 4.48. The first kappa shape index (κ1) is 15.7. The van der Waals surface area contributed by atoms with Gasteiger partial charge in [0, 0.05) is 17.5 Å². The van der Waals surface area contributed by atoms with Crippen LogP contribution in [-0.2, 0) is 0 Å². The molecule has 0 atom stereocenters. The lowest BCUT2D eigenvalue weighted by atomic mass is 9.90. The second-order valence-electron chi connectivity index (χ2n) is 5.15. The number of nitrogens with zero attached hydrogens (tertiary/aromatic N) is 1. The average Bonchev–Trinajstić information content (AvgIpc) is 2.87. The molecular weight excluding hydrogens is 321 g/mol. The van der Waals surface area contributed by atoms with Crippen LogP contribution in [-0.4, -0.2) is 17.3 Å². The lowest BCUT2D eigenvalue weighted by Crippen LogP contribution is -2.27. The molecule has 0 spiro atoms. The van der Waals surface area contributed by atoms with E-state index in [4.69, 9.17) is 27.9 Å². The van der Waals surface area contributed by atoms with E-state index in [2.05, 4.69) is 12.6 Å². The number of non-ortho nitro benzene ring substituents is 1. The highest BCUT2D eigenvalue weighted by Crippen LogP contribution is 2.42. The molecule has 1 saturated carbocycles. The Hall–Kier alpha value is -0.650. The van der Waals surface area contributed by atoms with Crippen LogP contribution < -0.4 is 4.74 Å². The maximum absolute atomic E-state index is 10.7. The third-order valence-corrected chi connectivity index (χ3v) is 4.95. The lowest BCUT2D eigenvalue weighted by molar-refractivity contribution is -0.384. The van der Waals surface area contributed by atoms with E-state index < -0.39 is 4.92 Å². The van der Waals surface area contributed by atoms with Gasteiger partial charge in [-0.3, -0.25) is 10.1 Å². The van der Waals surface area contributed by atoms with Gasteiger partial charge < -0.3 is 4.74 Å². The fraction of sp³-hybridized carbons (Fsp3) is 0.538. The summed E-state index contributed by atoms with van der Waals surface area (Å²) < 4.78 is 5.75. The Morgan fingerprint density at radius 2 is 1.85 bits per heavy atom. The Balaban J connectivity index is 2.15. The van der Waals surface area contributed by atoms with E-state index in [9.17, 15) is 10.1 Å². The summed E-state index contributed by atoms with van der Waals surface area (Å²) in [7, 11) is 0. The molecule has 0 aliphatic heterocycles. The van der Waals surface area contributed by atoms with Crippen molar-refractivity contribution in [1.29, 1.82) is 0 Å². The van der Waals surface area contributed by atoms with Gasteiger partial charge in [-0.1, -0.05) is 36.0 Å². The van der Waals surface area contributed by atoms with Gasteiger partial charge in [0.2, 0.25) is 0 Å². The van der Waals surface area contributed by atoms with E-state index in [1.165, 1.54) is 25.0 Å². The number of hydrogen-bond donors (Lipinski definition) is 1. The summed E-state index contributed by atoms with van der Waals surface area (Å²) in [5.74, 6) is 1.06. The van der Waals surface area contributed by atoms with E-state index in [-0.39, 0.29) is 21.1 Å². The molecule has 20 heavy (non-hydrogen) atoms. The monoisotopic (exact) mass is 335 g/mol. The molecule has 0 heterocycles. The molecule has 7 heteroatoms. The molecule has 1 aliphatic carbocycles. The van der Waals surface area contributed by atoms with Crippen molar-refractivity contribution in [2.45, 2.75) is 25.7 Å². The Morgan fingerprint density at radius 3 is 2.30 bits per heavy atom. The average molecular weight is 336 g/mol. The molecule has 0 unspecified atom stereocenters. The molecule has 0 bridgehead atoms. The van der Waals surface area contributed by atoms with Crippen molar-refractivity contribution in [3.8, 4) is 5.75 Å². The summed E-state index contributed by atoms with van der Waals surface area (Å²) in [4.78, 5) is 10.2. The minimum atomic E-state index is -0.534. The van der Waals surface area contributed by atoms with Crippen molar-refractivity contribution < 1.29 is 9.66 Å². The van der Waals surface area contributed by atoms with Crippen LogP contribution in [0.15, 0.2) is 12.1 Å². The molecule has 2 rings (SSSR count). The molecule has 0 saturated heterocycles. The molecule has 1 fully saturated rings. The maximum atomic E-state index is 10.7. The van der Waals surface area contributed by atoms with Gasteiger partial charge in [-0.25, -0.2) is 0 Å². The van der Waals surface area contributed by atoms with E-state index in [0.717, 1.165) is 18.6 Å². The minimum absolute atomic E-state index is 0.0531. The topological polar surface area (TPSA) is 52.4 Å². The molecule has 0 aromatic heterocycles. The lowest BCUT2D eigenvalue weighted by Gasteiger charge is -2.27. The number of hydrogen-bond acceptors (Lipinski definition) is 4. The summed E-state index contributed by atoms with van der Waals surface area (Å²) in [5, 5.41) is 11.0. The highest BCUT2D eigenvalue weighted by molar-refractivity contribution is 7.80. The zero-order chi connectivity index (χ0) is 14.8. The summed E-state index contributed by atoms with van der Waals surface area (Å²) in [6.45, 7) is 0.480. The zero-order valence-electron chi connectivity index (χ0n) is 10.8. The van der Waals surface area contributed by atoms with Gasteiger partial charge in [0.15, 0.2) is 5.75 Å². The maximum Gasteiger partial charge on any atom is 0.272 e. The van der Waals surface area contributed by atoms with Crippen molar-refractivity contribution in [1.82, 2.24) is 0 Å². The quantitative estimate of drug-likeness (QED) is 0.479. The van der Waals surface area contributed by atoms with Crippen molar-refractivity contribution >= 4 is 41.5 Å². The van der Waals surface area contributed by atoms with E-state index in [1.807, 2.05) is 0 Å². The second-order valence-corrected chi connectivity index (χ2v) is 6.28. The third kappa shape index (κ3) is 3.32. The van der Waals surface area contributed by atoms with Crippen molar-refractivity contribution in [3.63, 3.8) is 0 Å². The van der Waals surface area contributed by atoms with Crippen LogP contribution in [0.2, 0.25) is 10.0 Å². The molecule has 0 N–H and O–H groups in total. The number of thiol groups is 1. The van der Waals surface area contributed by atoms with Gasteiger partial charge in [-0.2, -0.15) is 12.6 Å². The van der Waals surface area contributed by atoms with Crippen molar-refractivity contribution in [2.75, 3.05) is 12.4 Å². The third-order valence-electron chi connectivity index (χ3n) is 3.72. The first-order valence-electron chi connectivity index (χ1n) is 6.34. The highest BCUT2D eigenvalue weighted by Gasteiger charge is 2.34. The predicted octanol–water partition coefficient (Wildman–Crippen LogP) is 4.77. The van der Waals surface area contributed by atoms with Crippen LogP contribution in [0.1, 0.15) is 25.7 Å². The number of rotatable bonds is 5. The van der Waals surface area contributed by atoms with Gasteiger partial charge in [-0.15, -0.1) is 0 Å². The Bertz CT molecular complexity index is 495. The highest BCUT2D eigenvalue weighted by atomic mass is 35.5. The number of nitro groups is 1. The molecule has 1 aromatic carbocycles. The van der Waals surface area contributed by atoms with E-state index in [1.54, 1.807) is 0 Å². The van der Waals surface area contributed by atoms with Gasteiger partial charge in [0.1, 0.15) is 0 Å². The van der Waals surface area contributed by atoms with Crippen LogP contribution in [0.4, 0.5) is 5.69 Å². The molecule has 1 aromatic rings. The fourth-order valence-corrected chi connectivity index (χ4v) is 3.48.